The Bertz CT molecular complexity index is 381. The van der Waals surface area contributed by atoms with Gasteiger partial charge in [0.2, 0.25) is 6.54 Å². The van der Waals surface area contributed by atoms with Gasteiger partial charge in [0.05, 0.1) is 0 Å². The average Bonchev–Trinajstić information content (AvgIpc) is 2.42. The summed E-state index contributed by atoms with van der Waals surface area (Å²) in [6.07, 6.45) is 5.22. The number of aliphatic hydroxyl groups is 1. The van der Waals surface area contributed by atoms with Gasteiger partial charge in [0.1, 0.15) is 6.10 Å². The topological polar surface area (TPSA) is 63.4 Å². The van der Waals surface area contributed by atoms with E-state index in [0.29, 0.717) is 6.42 Å². The molecule has 1 N–H and O–H groups in total. The van der Waals surface area contributed by atoms with Crippen LogP contribution in [0.4, 0.5) is 0 Å². The molecule has 1 rings (SSSR count). The lowest BCUT2D eigenvalue weighted by Crippen LogP contribution is -2.30. The number of hydrogen-bond acceptors (Lipinski definition) is 3. The molecule has 0 aliphatic rings. The second-order valence-electron chi connectivity index (χ2n) is 5.38. The van der Waals surface area contributed by atoms with Gasteiger partial charge in [0.25, 0.3) is 0 Å². The Kier molecular flexibility index (Phi) is 7.88. The Labute approximate surface area is 121 Å². The monoisotopic (exact) mass is 279 g/mol. The molecule has 0 aliphatic heterocycles. The minimum atomic E-state index is -0.855. The first kappa shape index (κ1) is 16.6. The molecule has 2 atom stereocenters. The minimum absolute atomic E-state index is 0.0281. The van der Waals surface area contributed by atoms with Crippen LogP contribution in [0.1, 0.15) is 44.6 Å². The summed E-state index contributed by atoms with van der Waals surface area (Å²) < 4.78 is 0. The van der Waals surface area contributed by atoms with E-state index in [2.05, 4.69) is 6.92 Å². The largest absolute Gasteiger partial charge is 0.386 e. The fraction of sp³-hybridized carbons (Fsp3) is 0.625. The molecule has 20 heavy (non-hydrogen) atoms. The van der Waals surface area contributed by atoms with Gasteiger partial charge in [-0.15, -0.1) is 0 Å². The molecule has 4 heteroatoms. The molecule has 0 saturated heterocycles. The van der Waals surface area contributed by atoms with Crippen LogP contribution in [0.25, 0.3) is 0 Å². The van der Waals surface area contributed by atoms with Crippen molar-refractivity contribution in [2.45, 2.75) is 51.6 Å². The highest BCUT2D eigenvalue weighted by atomic mass is 16.6. The molecule has 0 saturated carbocycles. The lowest BCUT2D eigenvalue weighted by Gasteiger charge is -2.20. The van der Waals surface area contributed by atoms with Crippen molar-refractivity contribution in [1.82, 2.24) is 0 Å². The highest BCUT2D eigenvalue weighted by Gasteiger charge is 2.23. The van der Waals surface area contributed by atoms with E-state index in [0.717, 1.165) is 24.8 Å². The Morgan fingerprint density at radius 1 is 1.20 bits per heavy atom. The normalized spacial score (nSPS) is 13.9. The van der Waals surface area contributed by atoms with Crippen LogP contribution in [0, 0.1) is 16.0 Å². The lowest BCUT2D eigenvalue weighted by atomic mass is 9.89. The van der Waals surface area contributed by atoms with Gasteiger partial charge < -0.3 is 5.11 Å². The second kappa shape index (κ2) is 9.48. The lowest BCUT2D eigenvalue weighted by molar-refractivity contribution is -0.492. The zero-order chi connectivity index (χ0) is 14.8. The number of nitrogens with zero attached hydrogens (tertiary/aromatic N) is 1. The summed E-state index contributed by atoms with van der Waals surface area (Å²) in [5, 5.41) is 20.6. The van der Waals surface area contributed by atoms with E-state index in [1.54, 1.807) is 0 Å². The number of nitro groups is 1. The summed E-state index contributed by atoms with van der Waals surface area (Å²) in [6, 6.07) is 9.90. The van der Waals surface area contributed by atoms with Gasteiger partial charge in [-0.3, -0.25) is 10.1 Å². The van der Waals surface area contributed by atoms with Gasteiger partial charge in [0, 0.05) is 4.92 Å². The van der Waals surface area contributed by atoms with E-state index in [4.69, 9.17) is 0 Å². The molecular weight excluding hydrogens is 254 g/mol. The molecule has 0 radical (unpaired) electrons. The highest BCUT2D eigenvalue weighted by Crippen LogP contribution is 2.20. The van der Waals surface area contributed by atoms with Crippen LogP contribution in [0.3, 0.4) is 0 Å². The van der Waals surface area contributed by atoms with Crippen LogP contribution in [-0.2, 0) is 6.42 Å². The Morgan fingerprint density at radius 3 is 2.50 bits per heavy atom. The Morgan fingerprint density at radius 2 is 1.90 bits per heavy atom. The van der Waals surface area contributed by atoms with Gasteiger partial charge in [-0.2, -0.15) is 0 Å². The van der Waals surface area contributed by atoms with E-state index in [1.807, 2.05) is 30.3 Å². The molecule has 0 spiro atoms. The molecule has 2 unspecified atom stereocenters. The van der Waals surface area contributed by atoms with Gasteiger partial charge >= 0.3 is 0 Å². The summed E-state index contributed by atoms with van der Waals surface area (Å²) in [5.41, 5.74) is 1.13. The quantitative estimate of drug-likeness (QED) is 0.405. The third-order valence-corrected chi connectivity index (χ3v) is 3.65. The maximum Gasteiger partial charge on any atom is 0.229 e. The Balaban J connectivity index is 2.56. The first-order valence-electron chi connectivity index (χ1n) is 7.47. The van der Waals surface area contributed by atoms with Crippen molar-refractivity contribution in [3.63, 3.8) is 0 Å². The maximum atomic E-state index is 10.6. The molecule has 0 fully saturated rings. The van der Waals surface area contributed by atoms with Crippen molar-refractivity contribution in [2.24, 2.45) is 5.92 Å². The molecule has 0 heterocycles. The number of hydrogen-bond donors (Lipinski definition) is 1. The zero-order valence-electron chi connectivity index (χ0n) is 12.2. The van der Waals surface area contributed by atoms with Crippen molar-refractivity contribution in [2.75, 3.05) is 6.54 Å². The summed E-state index contributed by atoms with van der Waals surface area (Å²) in [7, 11) is 0. The van der Waals surface area contributed by atoms with Crippen LogP contribution in [-0.4, -0.2) is 22.7 Å². The van der Waals surface area contributed by atoms with Crippen molar-refractivity contribution in [1.29, 1.82) is 0 Å². The first-order valence-corrected chi connectivity index (χ1v) is 7.47. The molecule has 1 aromatic carbocycles. The predicted molar refractivity (Wildman–Crippen MR) is 80.3 cm³/mol. The fourth-order valence-electron chi connectivity index (χ4n) is 2.48. The SMILES string of the molecule is CCCCCCC(Cc1ccccc1)C(O)C[N+](=O)[O-]. The van der Waals surface area contributed by atoms with Crippen molar-refractivity contribution in [3.8, 4) is 0 Å². The Hall–Kier alpha value is -1.42. The average molecular weight is 279 g/mol. The molecule has 0 amide bonds. The molecule has 1 aromatic rings. The first-order chi connectivity index (χ1) is 9.63. The fourth-order valence-corrected chi connectivity index (χ4v) is 2.48. The predicted octanol–water partition coefficient (Wildman–Crippen LogP) is 3.45. The molecule has 112 valence electrons. The van der Waals surface area contributed by atoms with E-state index in [9.17, 15) is 15.2 Å². The number of benzene rings is 1. The highest BCUT2D eigenvalue weighted by molar-refractivity contribution is 5.15. The molecule has 0 aliphatic carbocycles. The van der Waals surface area contributed by atoms with Gasteiger partial charge in [-0.25, -0.2) is 0 Å². The van der Waals surface area contributed by atoms with E-state index >= 15 is 0 Å². The van der Waals surface area contributed by atoms with E-state index in [1.165, 1.54) is 12.8 Å². The van der Waals surface area contributed by atoms with Crippen LogP contribution in [0.5, 0.6) is 0 Å². The molecule has 0 aromatic heterocycles. The zero-order valence-corrected chi connectivity index (χ0v) is 12.2. The van der Waals surface area contributed by atoms with Gasteiger partial charge in [0.15, 0.2) is 0 Å². The second-order valence-corrected chi connectivity index (χ2v) is 5.38. The number of rotatable bonds is 10. The standard InChI is InChI=1S/C16H25NO3/c1-2-3-4-8-11-15(16(18)13-17(19)20)12-14-9-6-5-7-10-14/h5-7,9-10,15-16,18H,2-4,8,11-13H2,1H3. The summed E-state index contributed by atoms with van der Waals surface area (Å²) in [4.78, 5) is 10.2. The van der Waals surface area contributed by atoms with Crippen molar-refractivity contribution >= 4 is 0 Å². The summed E-state index contributed by atoms with van der Waals surface area (Å²) >= 11 is 0. The van der Waals surface area contributed by atoms with E-state index in [-0.39, 0.29) is 12.5 Å². The molecule has 4 nitrogen and oxygen atoms in total. The van der Waals surface area contributed by atoms with Gasteiger partial charge in [-0.1, -0.05) is 62.9 Å². The van der Waals surface area contributed by atoms with Crippen molar-refractivity contribution in [3.05, 3.63) is 46.0 Å². The number of aliphatic hydroxyl groups excluding tert-OH is 1. The smallest absolute Gasteiger partial charge is 0.229 e. The number of unbranched alkanes of at least 4 members (excludes halogenated alkanes) is 3. The third kappa shape index (κ3) is 6.66. The summed E-state index contributed by atoms with van der Waals surface area (Å²) in [5.74, 6) is -0.0281. The van der Waals surface area contributed by atoms with Crippen LogP contribution in [0.2, 0.25) is 0 Å². The van der Waals surface area contributed by atoms with Gasteiger partial charge in [-0.05, 0) is 24.3 Å². The van der Waals surface area contributed by atoms with Crippen molar-refractivity contribution < 1.29 is 10.0 Å². The van der Waals surface area contributed by atoms with E-state index < -0.39 is 11.0 Å². The maximum absolute atomic E-state index is 10.6. The minimum Gasteiger partial charge on any atom is -0.386 e. The van der Waals surface area contributed by atoms with Crippen LogP contribution >= 0.6 is 0 Å². The molecule has 0 bridgehead atoms. The van der Waals surface area contributed by atoms with Crippen LogP contribution < -0.4 is 0 Å². The van der Waals surface area contributed by atoms with Crippen LogP contribution in [0.15, 0.2) is 30.3 Å². The summed E-state index contributed by atoms with van der Waals surface area (Å²) in [6.45, 7) is 1.80. The third-order valence-electron chi connectivity index (χ3n) is 3.65. The molecular formula is C16H25NO3.